The summed E-state index contributed by atoms with van der Waals surface area (Å²) in [5.41, 5.74) is -0.547. The van der Waals surface area contributed by atoms with E-state index in [1.807, 2.05) is 30.3 Å². The van der Waals surface area contributed by atoms with E-state index < -0.39 is 11.7 Å². The van der Waals surface area contributed by atoms with Crippen molar-refractivity contribution in [3.05, 3.63) is 65.7 Å². The van der Waals surface area contributed by atoms with Gasteiger partial charge in [0.1, 0.15) is 0 Å². The quantitative estimate of drug-likeness (QED) is 0.792. The molecule has 144 valence electrons. The molecule has 3 nitrogen and oxygen atoms in total. The number of amides is 1. The highest BCUT2D eigenvalue weighted by Crippen LogP contribution is 2.40. The number of nitrogens with one attached hydrogen (secondary N) is 1. The van der Waals surface area contributed by atoms with Gasteiger partial charge in [-0.1, -0.05) is 18.2 Å². The van der Waals surface area contributed by atoms with Gasteiger partial charge in [-0.3, -0.25) is 4.79 Å². The molecule has 3 rings (SSSR count). The van der Waals surface area contributed by atoms with Gasteiger partial charge < -0.3 is 10.1 Å². The van der Waals surface area contributed by atoms with E-state index in [1.165, 1.54) is 12.1 Å². The van der Waals surface area contributed by atoms with Crippen molar-refractivity contribution < 1.29 is 22.7 Å². The van der Waals surface area contributed by atoms with Crippen LogP contribution in [0.3, 0.4) is 0 Å². The highest BCUT2D eigenvalue weighted by molar-refractivity contribution is 8.00. The lowest BCUT2D eigenvalue weighted by molar-refractivity contribution is -0.137. The number of alkyl halides is 3. The van der Waals surface area contributed by atoms with Crippen LogP contribution >= 0.6 is 11.8 Å². The fourth-order valence-electron chi connectivity index (χ4n) is 2.95. The summed E-state index contributed by atoms with van der Waals surface area (Å²) in [5, 5.41) is 2.89. The molecule has 1 aliphatic rings. The molecule has 1 saturated heterocycles. The van der Waals surface area contributed by atoms with Crippen molar-refractivity contribution in [3.8, 4) is 0 Å². The summed E-state index contributed by atoms with van der Waals surface area (Å²) in [6, 6.07) is 14.2. The van der Waals surface area contributed by atoms with Gasteiger partial charge >= 0.3 is 6.18 Å². The van der Waals surface area contributed by atoms with E-state index in [2.05, 4.69) is 5.32 Å². The molecule has 2 aromatic carbocycles. The van der Waals surface area contributed by atoms with Crippen LogP contribution in [0.2, 0.25) is 0 Å². The Bertz CT molecular complexity index is 757. The van der Waals surface area contributed by atoms with E-state index in [9.17, 15) is 18.0 Å². The van der Waals surface area contributed by atoms with Crippen molar-refractivity contribution in [2.45, 2.75) is 28.7 Å². The zero-order chi connectivity index (χ0) is 19.3. The number of rotatable bonds is 5. The normalized spacial score (nSPS) is 16.7. The van der Waals surface area contributed by atoms with Crippen LogP contribution in [-0.4, -0.2) is 30.4 Å². The number of carbonyl (C=O) groups is 1. The summed E-state index contributed by atoms with van der Waals surface area (Å²) in [6.07, 6.45) is -2.83. The summed E-state index contributed by atoms with van der Waals surface area (Å²) in [5.74, 6) is -0.372. The first-order chi connectivity index (χ1) is 12.9. The maximum absolute atomic E-state index is 12.7. The third kappa shape index (κ3) is 5.26. The second-order valence-corrected chi connectivity index (χ2v) is 8.01. The van der Waals surface area contributed by atoms with E-state index >= 15 is 0 Å². The van der Waals surface area contributed by atoms with Crippen LogP contribution in [0, 0.1) is 0 Å². The summed E-state index contributed by atoms with van der Waals surface area (Å²) < 4.78 is 43.2. The van der Waals surface area contributed by atoms with Gasteiger partial charge in [0, 0.05) is 35.0 Å². The minimum Gasteiger partial charge on any atom is -0.381 e. The van der Waals surface area contributed by atoms with E-state index in [0.717, 1.165) is 29.9 Å². The van der Waals surface area contributed by atoms with Crippen molar-refractivity contribution in [1.29, 1.82) is 0 Å². The monoisotopic (exact) mass is 395 g/mol. The first-order valence-corrected chi connectivity index (χ1v) is 9.47. The minimum atomic E-state index is -4.41. The second-order valence-electron chi connectivity index (χ2n) is 6.47. The third-order valence-corrected chi connectivity index (χ3v) is 6.02. The van der Waals surface area contributed by atoms with Gasteiger partial charge in [0.2, 0.25) is 0 Å². The summed E-state index contributed by atoms with van der Waals surface area (Å²) in [4.78, 5) is 13.5. The number of thioether (sulfide) groups is 1. The SMILES string of the molecule is O=C(NCC1(Sc2ccccc2)CCOCC1)c1ccc(C(F)(F)F)cc1. The van der Waals surface area contributed by atoms with Gasteiger partial charge in [0.05, 0.1) is 5.56 Å². The molecule has 1 N–H and O–H groups in total. The topological polar surface area (TPSA) is 38.3 Å². The molecule has 1 amide bonds. The second kappa shape index (κ2) is 8.35. The van der Waals surface area contributed by atoms with Gasteiger partial charge in [-0.25, -0.2) is 0 Å². The Hall–Kier alpha value is -1.99. The lowest BCUT2D eigenvalue weighted by Gasteiger charge is -2.36. The number of hydrogen-bond acceptors (Lipinski definition) is 3. The van der Waals surface area contributed by atoms with Gasteiger partial charge in [-0.05, 0) is 49.2 Å². The lowest BCUT2D eigenvalue weighted by atomic mass is 9.98. The van der Waals surface area contributed by atoms with E-state index in [-0.39, 0.29) is 16.2 Å². The Morgan fingerprint density at radius 2 is 1.67 bits per heavy atom. The van der Waals surface area contributed by atoms with Gasteiger partial charge in [0.15, 0.2) is 0 Å². The van der Waals surface area contributed by atoms with Crippen LogP contribution < -0.4 is 5.32 Å². The molecule has 0 spiro atoms. The zero-order valence-corrected chi connectivity index (χ0v) is 15.4. The Balaban J connectivity index is 1.67. The average molecular weight is 395 g/mol. The van der Waals surface area contributed by atoms with Crippen LogP contribution in [0.5, 0.6) is 0 Å². The van der Waals surface area contributed by atoms with Crippen LogP contribution in [0.15, 0.2) is 59.5 Å². The van der Waals surface area contributed by atoms with E-state index in [0.29, 0.717) is 19.8 Å². The third-order valence-electron chi connectivity index (χ3n) is 4.53. The van der Waals surface area contributed by atoms with Gasteiger partial charge in [0.25, 0.3) is 5.91 Å². The van der Waals surface area contributed by atoms with Crippen molar-refractivity contribution in [1.82, 2.24) is 5.32 Å². The summed E-state index contributed by atoms with van der Waals surface area (Å²) in [6.45, 7) is 1.67. The van der Waals surface area contributed by atoms with Crippen LogP contribution in [0.1, 0.15) is 28.8 Å². The molecule has 1 heterocycles. The molecule has 2 aromatic rings. The molecule has 0 aromatic heterocycles. The van der Waals surface area contributed by atoms with Crippen LogP contribution in [0.4, 0.5) is 13.2 Å². The molecule has 0 aliphatic carbocycles. The van der Waals surface area contributed by atoms with Gasteiger partial charge in [-0.2, -0.15) is 13.2 Å². The highest BCUT2D eigenvalue weighted by Gasteiger charge is 2.34. The molecule has 7 heteroatoms. The van der Waals surface area contributed by atoms with Crippen LogP contribution in [0.25, 0.3) is 0 Å². The Kier molecular flexibility index (Phi) is 6.11. The maximum atomic E-state index is 12.7. The predicted octanol–water partition coefficient (Wildman–Crippen LogP) is 4.78. The summed E-state index contributed by atoms with van der Waals surface area (Å²) >= 11 is 1.71. The Labute approximate surface area is 160 Å². The average Bonchev–Trinajstić information content (AvgIpc) is 2.67. The molecule has 0 atom stereocenters. The van der Waals surface area contributed by atoms with Gasteiger partial charge in [-0.15, -0.1) is 11.8 Å². The van der Waals surface area contributed by atoms with E-state index in [1.54, 1.807) is 11.8 Å². The fraction of sp³-hybridized carbons (Fsp3) is 0.350. The molecule has 0 radical (unpaired) electrons. The van der Waals surface area contributed by atoms with Crippen molar-refractivity contribution in [2.75, 3.05) is 19.8 Å². The molecule has 27 heavy (non-hydrogen) atoms. The predicted molar refractivity (Wildman–Crippen MR) is 98.9 cm³/mol. The molecule has 0 saturated carbocycles. The number of halogens is 3. The standard InChI is InChI=1S/C20H20F3NO2S/c21-20(22,23)16-8-6-15(7-9-16)18(25)24-14-19(10-12-26-13-11-19)27-17-4-2-1-3-5-17/h1-9H,10-14H2,(H,24,25). The lowest BCUT2D eigenvalue weighted by Crippen LogP contribution is -2.44. The molecular weight excluding hydrogens is 375 g/mol. The molecule has 1 aliphatic heterocycles. The molecule has 0 bridgehead atoms. The number of benzene rings is 2. The number of ether oxygens (including phenoxy) is 1. The first-order valence-electron chi connectivity index (χ1n) is 8.65. The fourth-order valence-corrected chi connectivity index (χ4v) is 4.26. The largest absolute Gasteiger partial charge is 0.416 e. The van der Waals surface area contributed by atoms with Crippen molar-refractivity contribution in [2.24, 2.45) is 0 Å². The highest BCUT2D eigenvalue weighted by atomic mass is 32.2. The number of carbonyl (C=O) groups excluding carboxylic acids is 1. The van der Waals surface area contributed by atoms with Crippen molar-refractivity contribution >= 4 is 17.7 Å². The first kappa shape index (κ1) is 19.8. The molecule has 1 fully saturated rings. The summed E-state index contributed by atoms with van der Waals surface area (Å²) in [7, 11) is 0. The smallest absolute Gasteiger partial charge is 0.381 e. The van der Waals surface area contributed by atoms with Crippen molar-refractivity contribution in [3.63, 3.8) is 0 Å². The van der Waals surface area contributed by atoms with Crippen LogP contribution in [-0.2, 0) is 10.9 Å². The molecule has 0 unspecified atom stereocenters. The molecular formula is C20H20F3NO2S. The zero-order valence-electron chi connectivity index (χ0n) is 14.6. The number of hydrogen-bond donors (Lipinski definition) is 1. The van der Waals surface area contributed by atoms with E-state index in [4.69, 9.17) is 4.74 Å². The Morgan fingerprint density at radius 3 is 2.26 bits per heavy atom. The maximum Gasteiger partial charge on any atom is 0.416 e. The Morgan fingerprint density at radius 1 is 1.04 bits per heavy atom. The minimum absolute atomic E-state index is 0.193.